The summed E-state index contributed by atoms with van der Waals surface area (Å²) < 4.78 is 0. The Labute approximate surface area is 100 Å². The van der Waals surface area contributed by atoms with E-state index in [1.54, 1.807) is 0 Å². The standard InChI is InChI=1S/C14H17Br/c15-14(10-6-2-1-3-7-10)13-11-8-4-5-9-12(11)13/h1-3,6-7,11-14H,4-5,8-9H2. The summed E-state index contributed by atoms with van der Waals surface area (Å²) >= 11 is 3.90. The first-order chi connectivity index (χ1) is 7.38. The fourth-order valence-electron chi connectivity index (χ4n) is 3.34. The number of fused-ring (bicyclic) bond motifs is 1. The summed E-state index contributed by atoms with van der Waals surface area (Å²) in [5, 5.41) is 0. The van der Waals surface area contributed by atoms with E-state index < -0.39 is 0 Å². The number of hydrogen-bond acceptors (Lipinski definition) is 0. The maximum absolute atomic E-state index is 3.90. The maximum Gasteiger partial charge on any atom is 0.0428 e. The van der Waals surface area contributed by atoms with Crippen LogP contribution in [-0.4, -0.2) is 0 Å². The minimum absolute atomic E-state index is 0.604. The first-order valence-corrected chi connectivity index (χ1v) is 6.98. The zero-order valence-corrected chi connectivity index (χ0v) is 10.5. The lowest BCUT2D eigenvalue weighted by molar-refractivity contribution is 0.480. The molecule has 0 N–H and O–H groups in total. The Balaban J connectivity index is 1.74. The average molecular weight is 265 g/mol. The summed E-state index contributed by atoms with van der Waals surface area (Å²) in [5.74, 6) is 2.99. The fourth-order valence-corrected chi connectivity index (χ4v) is 4.43. The highest BCUT2D eigenvalue weighted by Crippen LogP contribution is 2.62. The van der Waals surface area contributed by atoms with Gasteiger partial charge in [0.1, 0.15) is 0 Å². The molecule has 2 fully saturated rings. The fraction of sp³-hybridized carbons (Fsp3) is 0.571. The molecular weight excluding hydrogens is 248 g/mol. The van der Waals surface area contributed by atoms with Crippen LogP contribution in [0.2, 0.25) is 0 Å². The van der Waals surface area contributed by atoms with Gasteiger partial charge in [0.15, 0.2) is 0 Å². The zero-order chi connectivity index (χ0) is 10.3. The number of benzene rings is 1. The van der Waals surface area contributed by atoms with E-state index >= 15 is 0 Å². The molecule has 1 aromatic carbocycles. The Bertz CT molecular complexity index is 320. The molecule has 0 amide bonds. The lowest BCUT2D eigenvalue weighted by Gasteiger charge is -2.09. The third-order valence-electron chi connectivity index (χ3n) is 4.18. The molecule has 0 nitrogen and oxygen atoms in total. The van der Waals surface area contributed by atoms with Crippen LogP contribution in [0.3, 0.4) is 0 Å². The van der Waals surface area contributed by atoms with E-state index in [1.807, 2.05) is 0 Å². The summed E-state index contributed by atoms with van der Waals surface area (Å²) in [5.41, 5.74) is 1.47. The molecule has 2 saturated carbocycles. The van der Waals surface area contributed by atoms with Gasteiger partial charge >= 0.3 is 0 Å². The minimum Gasteiger partial charge on any atom is -0.0836 e. The van der Waals surface area contributed by atoms with Crippen LogP contribution < -0.4 is 0 Å². The Hall–Kier alpha value is -0.300. The van der Waals surface area contributed by atoms with E-state index in [4.69, 9.17) is 0 Å². The van der Waals surface area contributed by atoms with Gasteiger partial charge in [-0.1, -0.05) is 59.1 Å². The molecule has 1 aromatic rings. The van der Waals surface area contributed by atoms with Crippen LogP contribution in [0.25, 0.3) is 0 Å². The van der Waals surface area contributed by atoms with Gasteiger partial charge in [0.25, 0.3) is 0 Å². The van der Waals surface area contributed by atoms with Crippen molar-refractivity contribution in [3.63, 3.8) is 0 Å². The number of alkyl halides is 1. The highest BCUT2D eigenvalue weighted by Gasteiger charge is 2.53. The molecule has 3 unspecified atom stereocenters. The van der Waals surface area contributed by atoms with Crippen molar-refractivity contribution in [2.75, 3.05) is 0 Å². The highest BCUT2D eigenvalue weighted by atomic mass is 79.9. The summed E-state index contributed by atoms with van der Waals surface area (Å²) in [7, 11) is 0. The lowest BCUT2D eigenvalue weighted by atomic mass is 10.0. The molecule has 1 heteroatoms. The normalized spacial score (nSPS) is 35.7. The third kappa shape index (κ3) is 1.75. The molecule has 0 aromatic heterocycles. The third-order valence-corrected chi connectivity index (χ3v) is 5.32. The van der Waals surface area contributed by atoms with Crippen LogP contribution in [0.4, 0.5) is 0 Å². The molecule has 2 aliphatic carbocycles. The number of rotatable bonds is 2. The molecule has 3 rings (SSSR count). The first-order valence-electron chi connectivity index (χ1n) is 6.07. The van der Waals surface area contributed by atoms with Crippen molar-refractivity contribution < 1.29 is 0 Å². The quantitative estimate of drug-likeness (QED) is 0.688. The van der Waals surface area contributed by atoms with Gasteiger partial charge in [-0.25, -0.2) is 0 Å². The molecule has 0 aliphatic heterocycles. The highest BCUT2D eigenvalue weighted by molar-refractivity contribution is 9.09. The van der Waals surface area contributed by atoms with Crippen LogP contribution in [0.15, 0.2) is 30.3 Å². The second kappa shape index (κ2) is 3.93. The van der Waals surface area contributed by atoms with Crippen molar-refractivity contribution in [2.45, 2.75) is 30.5 Å². The smallest absolute Gasteiger partial charge is 0.0428 e. The summed E-state index contributed by atoms with van der Waals surface area (Å²) in [4.78, 5) is 0.604. The van der Waals surface area contributed by atoms with E-state index in [0.29, 0.717) is 4.83 Å². The molecule has 3 atom stereocenters. The maximum atomic E-state index is 3.90. The van der Waals surface area contributed by atoms with Gasteiger partial charge in [-0.2, -0.15) is 0 Å². The average Bonchev–Trinajstić information content (AvgIpc) is 3.03. The molecule has 0 heterocycles. The topological polar surface area (TPSA) is 0 Å². The van der Waals surface area contributed by atoms with Crippen molar-refractivity contribution in [3.05, 3.63) is 35.9 Å². The Morgan fingerprint density at radius 3 is 2.20 bits per heavy atom. The summed E-state index contributed by atoms with van der Waals surface area (Å²) in [6.07, 6.45) is 5.88. The Morgan fingerprint density at radius 2 is 1.60 bits per heavy atom. The first kappa shape index (κ1) is 9.89. The Morgan fingerprint density at radius 1 is 1.00 bits per heavy atom. The lowest BCUT2D eigenvalue weighted by Crippen LogP contribution is -1.94. The molecular formula is C14H17Br. The van der Waals surface area contributed by atoms with Crippen molar-refractivity contribution in [1.29, 1.82) is 0 Å². The van der Waals surface area contributed by atoms with Gasteiger partial charge in [0, 0.05) is 4.83 Å². The predicted octanol–water partition coefficient (Wildman–Crippen LogP) is 4.56. The Kier molecular flexibility index (Phi) is 2.59. The van der Waals surface area contributed by atoms with Crippen molar-refractivity contribution in [2.24, 2.45) is 17.8 Å². The van der Waals surface area contributed by atoms with Crippen LogP contribution in [0.1, 0.15) is 36.1 Å². The van der Waals surface area contributed by atoms with E-state index in [1.165, 1.54) is 31.2 Å². The van der Waals surface area contributed by atoms with E-state index in [0.717, 1.165) is 17.8 Å². The molecule has 2 aliphatic rings. The number of hydrogen-bond donors (Lipinski definition) is 0. The largest absolute Gasteiger partial charge is 0.0836 e. The van der Waals surface area contributed by atoms with E-state index in [-0.39, 0.29) is 0 Å². The predicted molar refractivity (Wildman–Crippen MR) is 67.0 cm³/mol. The second-order valence-corrected chi connectivity index (χ2v) is 5.99. The van der Waals surface area contributed by atoms with Crippen molar-refractivity contribution in [3.8, 4) is 0 Å². The van der Waals surface area contributed by atoms with Gasteiger partial charge in [-0.3, -0.25) is 0 Å². The molecule has 0 radical (unpaired) electrons. The van der Waals surface area contributed by atoms with Crippen LogP contribution in [0, 0.1) is 17.8 Å². The van der Waals surface area contributed by atoms with Crippen LogP contribution in [0.5, 0.6) is 0 Å². The van der Waals surface area contributed by atoms with E-state index in [2.05, 4.69) is 46.3 Å². The summed E-state index contributed by atoms with van der Waals surface area (Å²) in [6, 6.07) is 10.9. The van der Waals surface area contributed by atoms with Crippen molar-refractivity contribution in [1.82, 2.24) is 0 Å². The molecule has 80 valence electrons. The SMILES string of the molecule is BrC(c1ccccc1)C1C2CCCCC21. The van der Waals surface area contributed by atoms with Gasteiger partial charge in [-0.15, -0.1) is 0 Å². The van der Waals surface area contributed by atoms with Gasteiger partial charge in [-0.05, 0) is 36.2 Å². The zero-order valence-electron chi connectivity index (χ0n) is 8.90. The second-order valence-electron chi connectivity index (χ2n) is 5.00. The van der Waals surface area contributed by atoms with Gasteiger partial charge in [0.05, 0.1) is 0 Å². The van der Waals surface area contributed by atoms with Gasteiger partial charge < -0.3 is 0 Å². The monoisotopic (exact) mass is 264 g/mol. The summed E-state index contributed by atoms with van der Waals surface area (Å²) in [6.45, 7) is 0. The van der Waals surface area contributed by atoms with E-state index in [9.17, 15) is 0 Å². The number of halogens is 1. The molecule has 0 saturated heterocycles. The minimum atomic E-state index is 0.604. The molecule has 15 heavy (non-hydrogen) atoms. The van der Waals surface area contributed by atoms with Crippen LogP contribution >= 0.6 is 15.9 Å². The van der Waals surface area contributed by atoms with Crippen molar-refractivity contribution >= 4 is 15.9 Å². The van der Waals surface area contributed by atoms with Crippen LogP contribution in [-0.2, 0) is 0 Å². The van der Waals surface area contributed by atoms with Gasteiger partial charge in [0.2, 0.25) is 0 Å². The molecule has 0 spiro atoms. The molecule has 0 bridgehead atoms.